The van der Waals surface area contributed by atoms with Crippen molar-refractivity contribution in [3.8, 4) is 39.1 Å². The van der Waals surface area contributed by atoms with E-state index in [9.17, 15) is 0 Å². The Kier molecular flexibility index (Phi) is 12.9. The molecule has 15 aromatic carbocycles. The van der Waals surface area contributed by atoms with E-state index in [-0.39, 0.29) is 30.7 Å². The fourth-order valence-electron chi connectivity index (χ4n) is 19.3. The van der Waals surface area contributed by atoms with Crippen LogP contribution in [0.5, 0.6) is 0 Å². The molecule has 1 saturated carbocycles. The van der Waals surface area contributed by atoms with Crippen LogP contribution in [0, 0.1) is 0 Å². The summed E-state index contributed by atoms with van der Waals surface area (Å²) in [6.45, 7) is -0.0325. The zero-order valence-corrected chi connectivity index (χ0v) is 56.5. The normalized spacial score (nSPS) is 16.4. The number of nitrogens with zero attached hydrogens (tertiary/aromatic N) is 6. The number of para-hydroxylation sites is 9. The molecule has 0 N–H and O–H groups in total. The van der Waals surface area contributed by atoms with Crippen LogP contribution in [0.25, 0.3) is 121 Å². The van der Waals surface area contributed by atoms with Crippen LogP contribution in [0.1, 0.15) is 18.9 Å². The minimum atomic E-state index is -0.0669. The van der Waals surface area contributed by atoms with Crippen molar-refractivity contribution in [1.29, 1.82) is 0 Å². The summed E-state index contributed by atoms with van der Waals surface area (Å²) in [7, 11) is 0. The highest BCUT2D eigenvalue weighted by Crippen LogP contribution is 2.58. The van der Waals surface area contributed by atoms with Crippen molar-refractivity contribution in [3.05, 3.63) is 358 Å². The zero-order chi connectivity index (χ0) is 67.4. The Morgan fingerprint density at radius 2 is 0.728 bits per heavy atom. The van der Waals surface area contributed by atoms with E-state index >= 15 is 0 Å². The molecule has 7 heteroatoms. The Morgan fingerprint density at radius 3 is 1.33 bits per heavy atom. The second-order valence-electron chi connectivity index (χ2n) is 28.6. The van der Waals surface area contributed by atoms with Gasteiger partial charge >= 0.3 is 0 Å². The first kappa shape index (κ1) is 58.0. The Labute approximate surface area is 597 Å². The Hall–Kier alpha value is -12.8. The maximum atomic E-state index is 2.91. The van der Waals surface area contributed by atoms with Gasteiger partial charge in [0.15, 0.2) is 0 Å². The van der Waals surface area contributed by atoms with Crippen LogP contribution in [0.15, 0.2) is 358 Å². The first-order valence-corrected chi connectivity index (χ1v) is 36.4. The number of hydrogen-bond acceptors (Lipinski definition) is 3. The quantitative estimate of drug-likeness (QED) is 0.128. The molecule has 6 nitrogen and oxygen atoms in total. The third kappa shape index (κ3) is 8.69. The lowest BCUT2D eigenvalue weighted by Gasteiger charge is -2.59. The van der Waals surface area contributed by atoms with Gasteiger partial charge in [0.05, 0.1) is 39.0 Å². The first-order valence-electron chi connectivity index (χ1n) is 36.4. The predicted molar refractivity (Wildman–Crippen MR) is 434 cm³/mol. The van der Waals surface area contributed by atoms with Gasteiger partial charge in [0.1, 0.15) is 0 Å². The van der Waals surface area contributed by atoms with Gasteiger partial charge in [0, 0.05) is 112 Å². The third-order valence-corrected chi connectivity index (χ3v) is 23.4. The number of rotatable bonds is 10. The van der Waals surface area contributed by atoms with Gasteiger partial charge in [-0.3, -0.25) is 0 Å². The van der Waals surface area contributed by atoms with Gasteiger partial charge in [0.25, 0.3) is 0 Å². The SMILES string of the molecule is c1ccc(-c2ccc3c(c2)c2cc(-c4ccccc4)ccc2n3C2CC3C4B(c5ccc(N(c6ccccc6)c6ccccc6)cc5N3c3ccccc3-c3ccccc3)c3cc5c6cccc7c8ccccc8n(c5cc3N(c3ccccc3-n3c5ccccc5c5ccccc53)C4C2)c76)cc1. The van der Waals surface area contributed by atoms with E-state index in [1.54, 1.807) is 0 Å². The molecular formula is C96H67BN6. The molecule has 103 heavy (non-hydrogen) atoms. The van der Waals surface area contributed by atoms with E-state index in [0.29, 0.717) is 0 Å². The van der Waals surface area contributed by atoms with Crippen molar-refractivity contribution in [2.45, 2.75) is 36.8 Å². The fourth-order valence-corrected chi connectivity index (χ4v) is 19.3. The third-order valence-electron chi connectivity index (χ3n) is 23.4. The minimum absolute atomic E-state index is 0.00513. The smallest absolute Gasteiger partial charge is 0.222 e. The Balaban J connectivity index is 0.878. The molecule has 484 valence electrons. The topological polar surface area (TPSA) is 24.0 Å². The molecule has 19 aromatic rings. The summed E-state index contributed by atoms with van der Waals surface area (Å²) < 4.78 is 7.98. The molecule has 4 aromatic heterocycles. The molecule has 1 fully saturated rings. The van der Waals surface area contributed by atoms with Crippen molar-refractivity contribution < 1.29 is 0 Å². The van der Waals surface area contributed by atoms with Crippen molar-refractivity contribution in [3.63, 3.8) is 0 Å². The van der Waals surface area contributed by atoms with Gasteiger partial charge in [-0.1, -0.05) is 260 Å². The molecule has 2 aliphatic heterocycles. The second-order valence-corrected chi connectivity index (χ2v) is 28.6. The van der Waals surface area contributed by atoms with E-state index in [0.717, 1.165) is 35.6 Å². The van der Waals surface area contributed by atoms with Crippen LogP contribution in [0.3, 0.4) is 0 Å². The number of benzene rings is 15. The van der Waals surface area contributed by atoms with Crippen LogP contribution in [-0.2, 0) is 0 Å². The number of fused-ring (bicyclic) bond motifs is 16. The maximum absolute atomic E-state index is 2.91. The van der Waals surface area contributed by atoms with Gasteiger partial charge in [-0.25, -0.2) is 0 Å². The van der Waals surface area contributed by atoms with E-state index in [4.69, 9.17) is 0 Å². The molecule has 22 rings (SSSR count). The molecule has 0 spiro atoms. The van der Waals surface area contributed by atoms with Crippen LogP contribution in [-0.4, -0.2) is 32.3 Å². The van der Waals surface area contributed by atoms with Gasteiger partial charge in [-0.05, 0) is 155 Å². The lowest BCUT2D eigenvalue weighted by molar-refractivity contribution is 0.291. The molecule has 0 saturated heterocycles. The van der Waals surface area contributed by atoms with Gasteiger partial charge in [-0.15, -0.1) is 0 Å². The van der Waals surface area contributed by atoms with E-state index in [1.165, 1.54) is 149 Å². The molecule has 4 unspecified atom stereocenters. The monoisotopic (exact) mass is 1310 g/mol. The predicted octanol–water partition coefficient (Wildman–Crippen LogP) is 23.6. The van der Waals surface area contributed by atoms with Crippen LogP contribution >= 0.6 is 0 Å². The zero-order valence-electron chi connectivity index (χ0n) is 56.5. The van der Waals surface area contributed by atoms with Gasteiger partial charge in [-0.2, -0.15) is 0 Å². The lowest BCUT2D eigenvalue weighted by Crippen LogP contribution is -2.69. The molecule has 6 heterocycles. The summed E-state index contributed by atoms with van der Waals surface area (Å²) in [6.07, 6.45) is 1.73. The van der Waals surface area contributed by atoms with Gasteiger partial charge < -0.3 is 28.2 Å². The second kappa shape index (κ2) is 22.8. The van der Waals surface area contributed by atoms with Crippen molar-refractivity contribution in [2.75, 3.05) is 14.7 Å². The highest BCUT2D eigenvalue weighted by Gasteiger charge is 2.58. The Morgan fingerprint density at radius 1 is 0.272 bits per heavy atom. The average molecular weight is 1320 g/mol. The van der Waals surface area contributed by atoms with Crippen molar-refractivity contribution >= 4 is 139 Å². The molecule has 4 atom stereocenters. The molecule has 0 amide bonds. The van der Waals surface area contributed by atoms with Crippen LogP contribution in [0.4, 0.5) is 39.8 Å². The van der Waals surface area contributed by atoms with Gasteiger partial charge in [0.2, 0.25) is 6.71 Å². The molecule has 0 radical (unpaired) electrons. The summed E-state index contributed by atoms with van der Waals surface area (Å²) in [4.78, 5) is 8.24. The summed E-state index contributed by atoms with van der Waals surface area (Å²) in [6, 6.07) is 135. The summed E-state index contributed by atoms with van der Waals surface area (Å²) in [5.74, 6) is 0.0499. The molecule has 1 aliphatic carbocycles. The van der Waals surface area contributed by atoms with E-state index in [1.807, 2.05) is 0 Å². The fraction of sp³-hybridized carbons (Fsp3) is 0.0625. The largest absolute Gasteiger partial charge is 0.338 e. The van der Waals surface area contributed by atoms with E-state index < -0.39 is 0 Å². The number of aromatic nitrogens is 3. The first-order chi connectivity index (χ1) is 51.1. The molecule has 3 aliphatic rings. The van der Waals surface area contributed by atoms with Crippen molar-refractivity contribution in [1.82, 2.24) is 13.5 Å². The number of hydrogen-bond donors (Lipinski definition) is 0. The molecular weight excluding hydrogens is 1250 g/mol. The van der Waals surface area contributed by atoms with Crippen molar-refractivity contribution in [2.24, 2.45) is 0 Å². The highest BCUT2D eigenvalue weighted by molar-refractivity contribution is 6.90. The average Bonchev–Trinajstić information content (AvgIpc) is 1.50. The summed E-state index contributed by atoms with van der Waals surface area (Å²) in [5.41, 5.74) is 28.0. The Bertz CT molecular complexity index is 6370. The highest BCUT2D eigenvalue weighted by atomic mass is 15.3. The number of anilines is 7. The lowest BCUT2D eigenvalue weighted by atomic mass is 9.27. The minimum Gasteiger partial charge on any atom is -0.338 e. The maximum Gasteiger partial charge on any atom is 0.222 e. The summed E-state index contributed by atoms with van der Waals surface area (Å²) >= 11 is 0. The summed E-state index contributed by atoms with van der Waals surface area (Å²) in [5, 5.41) is 10.2. The van der Waals surface area contributed by atoms with E-state index in [2.05, 4.69) is 386 Å². The standard InChI is InChI=1S/C96H67BN6/c1-6-27-62(28-7-1)65-49-53-86-77(55-65)78-56-66(63-29-8-2-9-30-63)50-54-87(78)99(86)70-58-93-95-94(59-70)102(89-48-25-24-47-88(89)100-83-44-21-17-38-72(83)73-39-18-22-45-84(73)100)92-61-90-79(76-42-26-41-75-74-40-19-23-46-85(74)103(90)96(75)76)60-81(92)97(95)80-52-51-69(98(67-33-12-4-13-34-67)68-35-14-5-15-36-68)57-91(80)101(93)82-43-20-16-37-71(82)64-31-10-3-11-32-64/h1-57,60-61,70,93-95H,58-59H2. The van der Waals surface area contributed by atoms with Crippen LogP contribution < -0.4 is 25.6 Å². The van der Waals surface area contributed by atoms with Crippen LogP contribution in [0.2, 0.25) is 5.82 Å². The molecule has 0 bridgehead atoms.